The third-order valence-corrected chi connectivity index (χ3v) is 3.59. The van der Waals surface area contributed by atoms with Crippen molar-refractivity contribution < 1.29 is 9.59 Å². The highest BCUT2D eigenvalue weighted by Gasteiger charge is 2.19. The van der Waals surface area contributed by atoms with Gasteiger partial charge in [0.1, 0.15) is 0 Å². The maximum absolute atomic E-state index is 12.3. The number of hydrogen-bond donors (Lipinski definition) is 1. The number of hydrogen-bond acceptors (Lipinski definition) is 3. The quantitative estimate of drug-likeness (QED) is 0.836. The van der Waals surface area contributed by atoms with Crippen molar-refractivity contribution >= 4 is 11.8 Å². The average molecular weight is 305 g/mol. The molecule has 2 amide bonds. The molecule has 0 aromatic heterocycles. The molecule has 5 heteroatoms. The van der Waals surface area contributed by atoms with E-state index in [4.69, 9.17) is 5.73 Å². The van der Waals surface area contributed by atoms with Crippen molar-refractivity contribution in [3.05, 3.63) is 35.4 Å². The van der Waals surface area contributed by atoms with Gasteiger partial charge in [0.05, 0.1) is 6.04 Å². The molecule has 0 aliphatic carbocycles. The van der Waals surface area contributed by atoms with Gasteiger partial charge in [-0.1, -0.05) is 25.5 Å². The number of carbonyl (C=O) groups excluding carboxylic acids is 2. The average Bonchev–Trinajstić information content (AvgIpc) is 2.51. The second-order valence-corrected chi connectivity index (χ2v) is 5.64. The highest BCUT2D eigenvalue weighted by molar-refractivity contribution is 5.93. The molecule has 0 aliphatic heterocycles. The van der Waals surface area contributed by atoms with E-state index in [1.807, 2.05) is 26.0 Å². The number of nitrogens with two attached hydrogens (primary N) is 1. The van der Waals surface area contributed by atoms with E-state index in [-0.39, 0.29) is 11.8 Å². The molecule has 0 spiro atoms. The molecule has 1 atom stereocenters. The first-order valence-corrected chi connectivity index (χ1v) is 7.75. The maximum atomic E-state index is 12.3. The zero-order valence-corrected chi connectivity index (χ0v) is 14.0. The molecule has 122 valence electrons. The van der Waals surface area contributed by atoms with Crippen LogP contribution in [0.5, 0.6) is 0 Å². The Kier molecular flexibility index (Phi) is 7.05. The summed E-state index contributed by atoms with van der Waals surface area (Å²) in [4.78, 5) is 27.4. The fourth-order valence-corrected chi connectivity index (χ4v) is 2.25. The van der Waals surface area contributed by atoms with Crippen molar-refractivity contribution in [2.75, 3.05) is 20.6 Å². The molecule has 0 heterocycles. The van der Waals surface area contributed by atoms with Gasteiger partial charge in [-0.2, -0.15) is 0 Å². The van der Waals surface area contributed by atoms with E-state index in [2.05, 4.69) is 0 Å². The van der Waals surface area contributed by atoms with E-state index >= 15 is 0 Å². The van der Waals surface area contributed by atoms with Crippen molar-refractivity contribution in [2.24, 2.45) is 5.73 Å². The molecule has 1 unspecified atom stereocenters. The third-order valence-electron chi connectivity index (χ3n) is 3.59. The van der Waals surface area contributed by atoms with E-state index in [1.165, 1.54) is 0 Å². The molecule has 0 bridgehead atoms. The fraction of sp³-hybridized carbons (Fsp3) is 0.529. The minimum Gasteiger partial charge on any atom is -0.345 e. The standard InChI is InChI=1S/C17H27N3O2/c1-5-7-15(18)17(22)20(6-2)12-13-8-10-14(11-9-13)16(21)19(3)4/h8-11,15H,5-7,12,18H2,1-4H3. The first-order chi connectivity index (χ1) is 10.4. The molecule has 0 saturated carbocycles. The van der Waals surface area contributed by atoms with Crippen molar-refractivity contribution in [1.82, 2.24) is 9.80 Å². The zero-order valence-electron chi connectivity index (χ0n) is 14.0. The van der Waals surface area contributed by atoms with E-state index in [0.717, 1.165) is 12.0 Å². The maximum Gasteiger partial charge on any atom is 0.253 e. The summed E-state index contributed by atoms with van der Waals surface area (Å²) in [6.07, 6.45) is 1.59. The summed E-state index contributed by atoms with van der Waals surface area (Å²) in [5, 5.41) is 0. The Bertz CT molecular complexity index is 497. The van der Waals surface area contributed by atoms with Crippen LogP contribution in [0.25, 0.3) is 0 Å². The first-order valence-electron chi connectivity index (χ1n) is 7.75. The Morgan fingerprint density at radius 1 is 1.14 bits per heavy atom. The summed E-state index contributed by atoms with van der Waals surface area (Å²) < 4.78 is 0. The number of likely N-dealkylation sites (N-methyl/N-ethyl adjacent to an activating group) is 1. The highest BCUT2D eigenvalue weighted by atomic mass is 16.2. The second kappa shape index (κ2) is 8.54. The Labute approximate surface area is 133 Å². The summed E-state index contributed by atoms with van der Waals surface area (Å²) in [5.41, 5.74) is 7.55. The lowest BCUT2D eigenvalue weighted by Crippen LogP contribution is -2.43. The Morgan fingerprint density at radius 3 is 2.18 bits per heavy atom. The van der Waals surface area contributed by atoms with E-state index in [0.29, 0.717) is 25.1 Å². The minimum absolute atomic E-state index is 0.0159. The predicted molar refractivity (Wildman–Crippen MR) is 88.4 cm³/mol. The van der Waals surface area contributed by atoms with Gasteiger partial charge in [0.25, 0.3) is 5.91 Å². The van der Waals surface area contributed by atoms with Crippen LogP contribution < -0.4 is 5.73 Å². The minimum atomic E-state index is -0.431. The number of amides is 2. The SMILES string of the molecule is CCCC(N)C(=O)N(CC)Cc1ccc(C(=O)N(C)C)cc1. The molecule has 1 aromatic rings. The summed E-state index contributed by atoms with van der Waals surface area (Å²) in [6, 6.07) is 6.93. The summed E-state index contributed by atoms with van der Waals surface area (Å²) in [7, 11) is 3.45. The van der Waals surface area contributed by atoms with Crippen molar-refractivity contribution in [2.45, 2.75) is 39.3 Å². The molecular weight excluding hydrogens is 278 g/mol. The van der Waals surface area contributed by atoms with Crippen LogP contribution in [0.15, 0.2) is 24.3 Å². The lowest BCUT2D eigenvalue weighted by Gasteiger charge is -2.24. The Hall–Kier alpha value is -1.88. The summed E-state index contributed by atoms with van der Waals surface area (Å²) >= 11 is 0. The van der Waals surface area contributed by atoms with Crippen LogP contribution in [0.4, 0.5) is 0 Å². The smallest absolute Gasteiger partial charge is 0.253 e. The molecule has 0 radical (unpaired) electrons. The molecule has 0 aliphatic rings. The molecule has 2 N–H and O–H groups in total. The van der Waals surface area contributed by atoms with Crippen LogP contribution in [0, 0.1) is 0 Å². The number of carbonyl (C=O) groups is 2. The van der Waals surface area contributed by atoms with Gasteiger partial charge >= 0.3 is 0 Å². The van der Waals surface area contributed by atoms with Crippen molar-refractivity contribution in [3.8, 4) is 0 Å². The van der Waals surface area contributed by atoms with Gasteiger partial charge in [0.15, 0.2) is 0 Å². The van der Waals surface area contributed by atoms with Gasteiger partial charge in [-0.15, -0.1) is 0 Å². The third kappa shape index (κ3) is 4.84. The van der Waals surface area contributed by atoms with Crippen molar-refractivity contribution in [3.63, 3.8) is 0 Å². The number of nitrogens with zero attached hydrogens (tertiary/aromatic N) is 2. The molecule has 0 fully saturated rings. The van der Waals surface area contributed by atoms with Gasteiger partial charge in [0.2, 0.25) is 5.91 Å². The van der Waals surface area contributed by atoms with Gasteiger partial charge in [-0.05, 0) is 31.0 Å². The Morgan fingerprint density at radius 2 is 1.73 bits per heavy atom. The van der Waals surface area contributed by atoms with E-state index in [9.17, 15) is 9.59 Å². The van der Waals surface area contributed by atoms with Crippen molar-refractivity contribution in [1.29, 1.82) is 0 Å². The zero-order chi connectivity index (χ0) is 16.7. The van der Waals surface area contributed by atoms with E-state index in [1.54, 1.807) is 36.0 Å². The normalized spacial score (nSPS) is 11.9. The molecule has 1 aromatic carbocycles. The fourth-order valence-electron chi connectivity index (χ4n) is 2.25. The monoisotopic (exact) mass is 305 g/mol. The molecule has 5 nitrogen and oxygen atoms in total. The first kappa shape index (κ1) is 18.2. The van der Waals surface area contributed by atoms with Gasteiger partial charge < -0.3 is 15.5 Å². The van der Waals surface area contributed by atoms with Crippen LogP contribution in [0.3, 0.4) is 0 Å². The number of benzene rings is 1. The molecule has 0 saturated heterocycles. The van der Waals surface area contributed by atoms with E-state index < -0.39 is 6.04 Å². The highest BCUT2D eigenvalue weighted by Crippen LogP contribution is 2.10. The lowest BCUT2D eigenvalue weighted by atomic mass is 10.1. The van der Waals surface area contributed by atoms with Gasteiger partial charge in [0, 0.05) is 32.7 Å². The lowest BCUT2D eigenvalue weighted by molar-refractivity contribution is -0.133. The molecular formula is C17H27N3O2. The van der Waals surface area contributed by atoms with Gasteiger partial charge in [-0.3, -0.25) is 9.59 Å². The summed E-state index contributed by atoms with van der Waals surface area (Å²) in [6.45, 7) is 5.10. The van der Waals surface area contributed by atoms with Crippen LogP contribution in [0.2, 0.25) is 0 Å². The number of rotatable bonds is 7. The van der Waals surface area contributed by atoms with Crippen LogP contribution >= 0.6 is 0 Å². The van der Waals surface area contributed by atoms with Crippen LogP contribution in [0.1, 0.15) is 42.6 Å². The Balaban J connectivity index is 2.76. The summed E-state index contributed by atoms with van der Waals surface area (Å²) in [5.74, 6) is -0.0438. The molecule has 1 rings (SSSR count). The molecule has 22 heavy (non-hydrogen) atoms. The van der Waals surface area contributed by atoms with Crippen LogP contribution in [-0.4, -0.2) is 48.3 Å². The largest absolute Gasteiger partial charge is 0.345 e. The second-order valence-electron chi connectivity index (χ2n) is 5.64. The van der Waals surface area contributed by atoms with Crippen LogP contribution in [-0.2, 0) is 11.3 Å². The van der Waals surface area contributed by atoms with Gasteiger partial charge in [-0.25, -0.2) is 0 Å². The predicted octanol–water partition coefficient (Wildman–Crippen LogP) is 1.86. The topological polar surface area (TPSA) is 66.6 Å².